The molecule has 0 bridgehead atoms. The second-order valence-electron chi connectivity index (χ2n) is 4.55. The number of alkyl halides is 3. The minimum absolute atomic E-state index is 0. The Morgan fingerprint density at radius 1 is 1.44 bits per heavy atom. The molecule has 1 amide bonds. The Morgan fingerprint density at radius 3 is 2.39 bits per heavy atom. The molecular formula is C10H18ClF3N2O2. The Morgan fingerprint density at radius 2 is 2.00 bits per heavy atom. The van der Waals surface area contributed by atoms with Crippen molar-refractivity contribution in [3.63, 3.8) is 0 Å². The minimum atomic E-state index is -4.41. The molecule has 4 nitrogen and oxygen atoms in total. The summed E-state index contributed by atoms with van der Waals surface area (Å²) in [7, 11) is 0. The largest absolute Gasteiger partial charge is 0.411 e. The molecule has 108 valence electrons. The highest BCUT2D eigenvalue weighted by Gasteiger charge is 2.41. The van der Waals surface area contributed by atoms with Gasteiger partial charge in [-0.25, -0.2) is 0 Å². The number of rotatable bonds is 6. The fourth-order valence-corrected chi connectivity index (χ4v) is 1.65. The first-order chi connectivity index (χ1) is 7.77. The highest BCUT2D eigenvalue weighted by Crippen LogP contribution is 2.38. The Labute approximate surface area is 110 Å². The molecule has 0 saturated heterocycles. The summed E-state index contributed by atoms with van der Waals surface area (Å²) in [5.41, 5.74) is 5.03. The van der Waals surface area contributed by atoms with Crippen LogP contribution in [0.5, 0.6) is 0 Å². The number of ether oxygens (including phenoxy) is 1. The van der Waals surface area contributed by atoms with E-state index in [2.05, 4.69) is 10.1 Å². The van der Waals surface area contributed by atoms with E-state index in [-0.39, 0.29) is 19.0 Å². The van der Waals surface area contributed by atoms with Crippen LogP contribution in [0.25, 0.3) is 0 Å². The van der Waals surface area contributed by atoms with E-state index in [1.54, 1.807) is 6.92 Å². The molecule has 0 aromatic heterocycles. The summed E-state index contributed by atoms with van der Waals surface area (Å²) in [6, 6.07) is 0. The van der Waals surface area contributed by atoms with Crippen LogP contribution >= 0.6 is 12.4 Å². The van der Waals surface area contributed by atoms with Crippen LogP contribution in [0.1, 0.15) is 19.8 Å². The highest BCUT2D eigenvalue weighted by molar-refractivity contribution is 5.85. The molecule has 18 heavy (non-hydrogen) atoms. The van der Waals surface area contributed by atoms with Crippen molar-refractivity contribution in [2.24, 2.45) is 11.7 Å². The van der Waals surface area contributed by atoms with E-state index in [1.807, 2.05) is 0 Å². The van der Waals surface area contributed by atoms with Gasteiger partial charge in [-0.3, -0.25) is 4.79 Å². The standard InChI is InChI=1S/C10H17F3N2O2.ClH/c1-9(5-14,7-2-3-7)15-8(16)4-17-6-10(11,12)13;/h7H,2-6,14H2,1H3,(H,15,16);1H. The van der Waals surface area contributed by atoms with Crippen LogP contribution in [-0.4, -0.2) is 37.4 Å². The van der Waals surface area contributed by atoms with E-state index >= 15 is 0 Å². The van der Waals surface area contributed by atoms with Gasteiger partial charge in [-0.1, -0.05) is 0 Å². The fourth-order valence-electron chi connectivity index (χ4n) is 1.65. The smallest absolute Gasteiger partial charge is 0.362 e. The Balaban J connectivity index is 0.00000289. The molecule has 1 aliphatic rings. The number of carbonyl (C=O) groups is 1. The maximum Gasteiger partial charge on any atom is 0.411 e. The van der Waals surface area contributed by atoms with Gasteiger partial charge in [0, 0.05) is 6.54 Å². The molecule has 1 rings (SSSR count). The first-order valence-electron chi connectivity index (χ1n) is 5.42. The van der Waals surface area contributed by atoms with Crippen LogP contribution in [0, 0.1) is 5.92 Å². The summed E-state index contributed by atoms with van der Waals surface area (Å²) in [5, 5.41) is 2.63. The van der Waals surface area contributed by atoms with E-state index < -0.39 is 30.8 Å². The minimum Gasteiger partial charge on any atom is -0.362 e. The normalized spacial score (nSPS) is 18.7. The van der Waals surface area contributed by atoms with Gasteiger partial charge in [-0.05, 0) is 25.7 Å². The van der Waals surface area contributed by atoms with Gasteiger partial charge < -0.3 is 15.8 Å². The first kappa shape index (κ1) is 17.5. The van der Waals surface area contributed by atoms with Gasteiger partial charge in [0.15, 0.2) is 0 Å². The summed E-state index contributed by atoms with van der Waals surface area (Å²) in [5.74, 6) is -0.242. The van der Waals surface area contributed by atoms with Gasteiger partial charge in [0.2, 0.25) is 5.91 Å². The van der Waals surface area contributed by atoms with Gasteiger partial charge in [0.05, 0.1) is 5.54 Å². The second-order valence-corrected chi connectivity index (χ2v) is 4.55. The van der Waals surface area contributed by atoms with Gasteiger partial charge in [-0.15, -0.1) is 12.4 Å². The van der Waals surface area contributed by atoms with Crippen molar-refractivity contribution in [3.8, 4) is 0 Å². The second kappa shape index (κ2) is 6.58. The van der Waals surface area contributed by atoms with Gasteiger partial charge in [0.25, 0.3) is 0 Å². The monoisotopic (exact) mass is 290 g/mol. The summed E-state index contributed by atoms with van der Waals surface area (Å²) in [6.07, 6.45) is -2.44. The lowest BCUT2D eigenvalue weighted by molar-refractivity contribution is -0.176. The zero-order chi connectivity index (χ0) is 13.1. The number of amides is 1. The molecule has 0 aromatic rings. The lowest BCUT2D eigenvalue weighted by Crippen LogP contribution is -2.54. The number of nitrogens with two attached hydrogens (primary N) is 1. The van der Waals surface area contributed by atoms with Crippen LogP contribution in [0.3, 0.4) is 0 Å². The fraction of sp³-hybridized carbons (Fsp3) is 0.900. The zero-order valence-corrected chi connectivity index (χ0v) is 10.9. The maximum atomic E-state index is 11.8. The van der Waals surface area contributed by atoms with E-state index in [4.69, 9.17) is 5.73 Å². The van der Waals surface area contributed by atoms with Crippen molar-refractivity contribution in [2.75, 3.05) is 19.8 Å². The molecule has 1 unspecified atom stereocenters. The van der Waals surface area contributed by atoms with Crippen molar-refractivity contribution in [1.29, 1.82) is 0 Å². The summed E-state index contributed by atoms with van der Waals surface area (Å²) in [4.78, 5) is 11.4. The molecule has 0 radical (unpaired) electrons. The lowest BCUT2D eigenvalue weighted by atomic mass is 9.96. The molecule has 1 fully saturated rings. The van der Waals surface area contributed by atoms with Gasteiger partial charge in [-0.2, -0.15) is 13.2 Å². The number of halogens is 4. The quantitative estimate of drug-likeness (QED) is 0.773. The predicted molar refractivity (Wildman–Crippen MR) is 62.4 cm³/mol. The highest BCUT2D eigenvalue weighted by atomic mass is 35.5. The van der Waals surface area contributed by atoms with E-state index in [0.717, 1.165) is 12.8 Å². The van der Waals surface area contributed by atoms with Crippen molar-refractivity contribution in [3.05, 3.63) is 0 Å². The maximum absolute atomic E-state index is 11.8. The third-order valence-electron chi connectivity index (χ3n) is 2.83. The van der Waals surface area contributed by atoms with E-state index in [1.165, 1.54) is 0 Å². The zero-order valence-electron chi connectivity index (χ0n) is 10.0. The van der Waals surface area contributed by atoms with Crippen molar-refractivity contribution in [1.82, 2.24) is 5.32 Å². The number of hydrogen-bond acceptors (Lipinski definition) is 3. The number of carbonyl (C=O) groups excluding carboxylic acids is 1. The molecule has 1 aliphatic carbocycles. The summed E-state index contributed by atoms with van der Waals surface area (Å²) >= 11 is 0. The molecule has 0 aliphatic heterocycles. The van der Waals surface area contributed by atoms with E-state index in [9.17, 15) is 18.0 Å². The molecule has 0 aromatic carbocycles. The Bertz CT molecular complexity index is 285. The molecule has 0 spiro atoms. The van der Waals surface area contributed by atoms with Gasteiger partial charge in [0.1, 0.15) is 13.2 Å². The topological polar surface area (TPSA) is 64.3 Å². The molecule has 8 heteroatoms. The first-order valence-corrected chi connectivity index (χ1v) is 5.42. The van der Waals surface area contributed by atoms with Crippen molar-refractivity contribution < 1.29 is 22.7 Å². The predicted octanol–water partition coefficient (Wildman–Crippen LogP) is 1.23. The Kier molecular flexibility index (Phi) is 6.39. The van der Waals surface area contributed by atoms with Crippen LogP contribution < -0.4 is 11.1 Å². The summed E-state index contributed by atoms with van der Waals surface area (Å²) < 4.78 is 39.6. The molecular weight excluding hydrogens is 273 g/mol. The third kappa shape index (κ3) is 5.88. The van der Waals surface area contributed by atoms with E-state index in [0.29, 0.717) is 5.92 Å². The van der Waals surface area contributed by atoms with Crippen LogP contribution in [0.15, 0.2) is 0 Å². The van der Waals surface area contributed by atoms with Crippen LogP contribution in [-0.2, 0) is 9.53 Å². The van der Waals surface area contributed by atoms with Crippen LogP contribution in [0.4, 0.5) is 13.2 Å². The molecule has 1 saturated carbocycles. The van der Waals surface area contributed by atoms with Crippen molar-refractivity contribution >= 4 is 18.3 Å². The average molecular weight is 291 g/mol. The molecule has 0 heterocycles. The third-order valence-corrected chi connectivity index (χ3v) is 2.83. The van der Waals surface area contributed by atoms with Crippen LogP contribution in [0.2, 0.25) is 0 Å². The molecule has 3 N–H and O–H groups in total. The lowest BCUT2D eigenvalue weighted by Gasteiger charge is -2.29. The molecule has 1 atom stereocenters. The average Bonchev–Trinajstić information content (AvgIpc) is 2.98. The SMILES string of the molecule is CC(CN)(NC(=O)COCC(F)(F)F)C1CC1.Cl. The summed E-state index contributed by atoms with van der Waals surface area (Å²) in [6.45, 7) is 0.0556. The number of nitrogens with one attached hydrogen (secondary N) is 1. The van der Waals surface area contributed by atoms with Gasteiger partial charge >= 0.3 is 6.18 Å². The van der Waals surface area contributed by atoms with Crippen molar-refractivity contribution in [2.45, 2.75) is 31.5 Å². The Hall–Kier alpha value is -0.530. The number of hydrogen-bond donors (Lipinski definition) is 2.